The van der Waals surface area contributed by atoms with E-state index >= 15 is 0 Å². The zero-order chi connectivity index (χ0) is 23.5. The quantitative estimate of drug-likeness (QED) is 0.442. The SMILES string of the molecule is O=C(NCCn1cnc(-c2ccc(F)cc2)cc1=O)C1CN(c2cc(-n3cccn3)ncn2)C1. The summed E-state index contributed by atoms with van der Waals surface area (Å²) in [6.45, 7) is 1.71. The van der Waals surface area contributed by atoms with Gasteiger partial charge in [-0.3, -0.25) is 14.2 Å². The molecule has 0 bridgehead atoms. The Morgan fingerprint density at radius 2 is 1.88 bits per heavy atom. The standard InChI is InChI=1S/C23H21FN8O2/c24-18-4-2-16(3-5-18)19-10-22(33)30(15-28-19)9-7-25-23(34)17-12-31(13-17)20-11-21(27-14-26-20)32-8-1-6-29-32/h1-6,8,10-11,14-15,17H,7,9,12-13H2,(H,25,34). The number of amides is 1. The molecular weight excluding hydrogens is 439 g/mol. The number of halogens is 1. The molecule has 1 aromatic carbocycles. The van der Waals surface area contributed by atoms with Crippen molar-refractivity contribution in [3.63, 3.8) is 0 Å². The Morgan fingerprint density at radius 1 is 1.09 bits per heavy atom. The van der Waals surface area contributed by atoms with E-state index in [2.05, 4.69) is 25.4 Å². The summed E-state index contributed by atoms with van der Waals surface area (Å²) in [4.78, 5) is 39.6. The molecule has 4 aromatic rings. The van der Waals surface area contributed by atoms with Gasteiger partial charge in [-0.25, -0.2) is 24.0 Å². The van der Waals surface area contributed by atoms with Crippen molar-refractivity contribution in [3.8, 4) is 17.1 Å². The molecule has 4 heterocycles. The molecule has 1 aliphatic rings. The first-order valence-electron chi connectivity index (χ1n) is 10.7. The second-order valence-electron chi connectivity index (χ2n) is 7.89. The Balaban J connectivity index is 1.11. The maximum absolute atomic E-state index is 13.1. The van der Waals surface area contributed by atoms with Gasteiger partial charge >= 0.3 is 0 Å². The minimum atomic E-state index is -0.349. The van der Waals surface area contributed by atoms with E-state index in [1.807, 2.05) is 17.0 Å². The van der Waals surface area contributed by atoms with Gasteiger partial charge in [0.05, 0.1) is 17.9 Å². The topological polar surface area (TPSA) is 111 Å². The maximum Gasteiger partial charge on any atom is 0.253 e. The number of anilines is 1. The Hall–Kier alpha value is -4.41. The molecule has 1 N–H and O–H groups in total. The summed E-state index contributed by atoms with van der Waals surface area (Å²) < 4.78 is 16.2. The molecule has 0 aliphatic carbocycles. The number of carbonyl (C=O) groups excluding carboxylic acids is 1. The minimum absolute atomic E-state index is 0.0680. The fraction of sp³-hybridized carbons (Fsp3) is 0.217. The van der Waals surface area contributed by atoms with Crippen LogP contribution in [0.3, 0.4) is 0 Å². The molecule has 10 nitrogen and oxygen atoms in total. The molecule has 1 amide bonds. The van der Waals surface area contributed by atoms with E-state index in [4.69, 9.17) is 0 Å². The maximum atomic E-state index is 13.1. The molecule has 1 aliphatic heterocycles. The number of benzene rings is 1. The zero-order valence-electron chi connectivity index (χ0n) is 18.1. The molecule has 5 rings (SSSR count). The van der Waals surface area contributed by atoms with E-state index < -0.39 is 0 Å². The number of carbonyl (C=O) groups is 1. The van der Waals surface area contributed by atoms with Crippen LogP contribution in [0.1, 0.15) is 0 Å². The van der Waals surface area contributed by atoms with Gasteiger partial charge in [-0.05, 0) is 30.3 Å². The van der Waals surface area contributed by atoms with Gasteiger partial charge in [0.1, 0.15) is 18.0 Å². The third-order valence-electron chi connectivity index (χ3n) is 5.63. The molecule has 1 saturated heterocycles. The first-order chi connectivity index (χ1) is 16.6. The van der Waals surface area contributed by atoms with Crippen LogP contribution < -0.4 is 15.8 Å². The molecule has 1 fully saturated rings. The van der Waals surface area contributed by atoms with E-state index in [0.29, 0.717) is 43.3 Å². The Labute approximate surface area is 193 Å². The summed E-state index contributed by atoms with van der Waals surface area (Å²) in [5.74, 6) is 0.828. The Kier molecular flexibility index (Phi) is 5.81. The molecule has 0 radical (unpaired) electrons. The number of nitrogens with zero attached hydrogens (tertiary/aromatic N) is 7. The largest absolute Gasteiger partial charge is 0.355 e. The smallest absolute Gasteiger partial charge is 0.253 e. The summed E-state index contributed by atoms with van der Waals surface area (Å²) in [6.07, 6.45) is 6.39. The summed E-state index contributed by atoms with van der Waals surface area (Å²) in [5, 5.41) is 7.04. The number of nitrogens with one attached hydrogen (secondary N) is 1. The number of aromatic nitrogens is 6. The molecular formula is C23H21FN8O2. The fourth-order valence-corrected chi connectivity index (χ4v) is 3.69. The predicted molar refractivity (Wildman–Crippen MR) is 122 cm³/mol. The van der Waals surface area contributed by atoms with Crippen molar-refractivity contribution < 1.29 is 9.18 Å². The van der Waals surface area contributed by atoms with Crippen molar-refractivity contribution >= 4 is 11.7 Å². The van der Waals surface area contributed by atoms with Crippen molar-refractivity contribution in [2.75, 3.05) is 24.5 Å². The number of rotatable bonds is 7. The molecule has 0 atom stereocenters. The van der Waals surface area contributed by atoms with Crippen LogP contribution in [0.5, 0.6) is 0 Å². The summed E-state index contributed by atoms with van der Waals surface area (Å²) >= 11 is 0. The molecule has 172 valence electrons. The molecule has 11 heteroatoms. The lowest BCUT2D eigenvalue weighted by Gasteiger charge is -2.39. The summed E-state index contributed by atoms with van der Waals surface area (Å²) in [5.41, 5.74) is 0.893. The van der Waals surface area contributed by atoms with E-state index in [9.17, 15) is 14.0 Å². The van der Waals surface area contributed by atoms with Gasteiger partial charge in [0.2, 0.25) is 5.91 Å². The molecule has 0 unspecified atom stereocenters. The van der Waals surface area contributed by atoms with E-state index in [-0.39, 0.29) is 23.2 Å². The zero-order valence-corrected chi connectivity index (χ0v) is 18.1. The third kappa shape index (κ3) is 4.53. The fourth-order valence-electron chi connectivity index (χ4n) is 3.69. The lowest BCUT2D eigenvalue weighted by Crippen LogP contribution is -2.54. The lowest BCUT2D eigenvalue weighted by atomic mass is 9.99. The lowest BCUT2D eigenvalue weighted by molar-refractivity contribution is -0.125. The van der Waals surface area contributed by atoms with Crippen LogP contribution >= 0.6 is 0 Å². The van der Waals surface area contributed by atoms with Gasteiger partial charge in [0, 0.05) is 56.3 Å². The second kappa shape index (κ2) is 9.22. The molecule has 3 aromatic heterocycles. The molecule has 34 heavy (non-hydrogen) atoms. The van der Waals surface area contributed by atoms with Gasteiger partial charge in [0.15, 0.2) is 5.82 Å². The van der Waals surface area contributed by atoms with Gasteiger partial charge in [-0.2, -0.15) is 5.10 Å². The summed E-state index contributed by atoms with van der Waals surface area (Å²) in [7, 11) is 0. The van der Waals surface area contributed by atoms with Gasteiger partial charge in [0.25, 0.3) is 5.56 Å². The Morgan fingerprint density at radius 3 is 2.62 bits per heavy atom. The van der Waals surface area contributed by atoms with Crippen LogP contribution in [-0.4, -0.2) is 54.8 Å². The molecule has 0 saturated carbocycles. The minimum Gasteiger partial charge on any atom is -0.355 e. The van der Waals surface area contributed by atoms with Crippen LogP contribution in [0, 0.1) is 11.7 Å². The number of hydrogen-bond acceptors (Lipinski definition) is 7. The van der Waals surface area contributed by atoms with Gasteiger partial charge in [-0.15, -0.1) is 0 Å². The highest BCUT2D eigenvalue weighted by molar-refractivity contribution is 5.81. The van der Waals surface area contributed by atoms with E-state index in [0.717, 1.165) is 5.82 Å². The second-order valence-corrected chi connectivity index (χ2v) is 7.89. The van der Waals surface area contributed by atoms with Crippen LogP contribution in [0.25, 0.3) is 17.1 Å². The van der Waals surface area contributed by atoms with Crippen LogP contribution in [0.2, 0.25) is 0 Å². The average Bonchev–Trinajstić information content (AvgIpc) is 3.35. The Bertz CT molecular complexity index is 1350. The van der Waals surface area contributed by atoms with E-state index in [1.54, 1.807) is 29.2 Å². The van der Waals surface area contributed by atoms with Gasteiger partial charge in [-0.1, -0.05) is 0 Å². The van der Waals surface area contributed by atoms with Crippen molar-refractivity contribution in [3.05, 3.63) is 83.7 Å². The van der Waals surface area contributed by atoms with Crippen molar-refractivity contribution in [1.82, 2.24) is 34.6 Å². The van der Waals surface area contributed by atoms with Crippen LogP contribution in [0.4, 0.5) is 10.2 Å². The normalized spacial score (nSPS) is 13.5. The van der Waals surface area contributed by atoms with Crippen molar-refractivity contribution in [2.45, 2.75) is 6.54 Å². The first-order valence-corrected chi connectivity index (χ1v) is 10.7. The summed E-state index contributed by atoms with van der Waals surface area (Å²) in [6, 6.07) is 10.8. The van der Waals surface area contributed by atoms with Crippen molar-refractivity contribution in [1.29, 1.82) is 0 Å². The van der Waals surface area contributed by atoms with Crippen LogP contribution in [-0.2, 0) is 11.3 Å². The highest BCUT2D eigenvalue weighted by atomic mass is 19.1. The first kappa shape index (κ1) is 21.4. The highest BCUT2D eigenvalue weighted by Crippen LogP contribution is 2.23. The number of hydrogen-bond donors (Lipinski definition) is 1. The predicted octanol–water partition coefficient (Wildman–Crippen LogP) is 1.28. The van der Waals surface area contributed by atoms with Crippen LogP contribution in [0.15, 0.2) is 72.3 Å². The molecule has 0 spiro atoms. The highest BCUT2D eigenvalue weighted by Gasteiger charge is 2.33. The van der Waals surface area contributed by atoms with Crippen molar-refractivity contribution in [2.24, 2.45) is 5.92 Å². The average molecular weight is 460 g/mol. The van der Waals surface area contributed by atoms with Gasteiger partial charge < -0.3 is 10.2 Å². The monoisotopic (exact) mass is 460 g/mol. The third-order valence-corrected chi connectivity index (χ3v) is 5.63. The van der Waals surface area contributed by atoms with E-state index in [1.165, 1.54) is 35.4 Å².